The first-order valence-corrected chi connectivity index (χ1v) is 16.5. The van der Waals surface area contributed by atoms with Crippen molar-refractivity contribution in [1.29, 1.82) is 0 Å². The molecule has 0 fully saturated rings. The number of pyridine rings is 1. The lowest BCUT2D eigenvalue weighted by atomic mass is 9.96. The van der Waals surface area contributed by atoms with Gasteiger partial charge in [-0.05, 0) is 23.3 Å². The minimum atomic E-state index is -0.976. The normalized spacial score (nSPS) is 11.7. The zero-order chi connectivity index (χ0) is 34.5. The van der Waals surface area contributed by atoms with E-state index in [1.807, 2.05) is 78.9 Å². The fourth-order valence-corrected chi connectivity index (χ4v) is 5.27. The Bertz CT molecular complexity index is 1660. The molecule has 0 unspecified atom stereocenters. The minimum Gasteiger partial charge on any atom is -0.464 e. The summed E-state index contributed by atoms with van der Waals surface area (Å²) in [6, 6.07) is 22.6. The number of amides is 4. The third-order valence-electron chi connectivity index (χ3n) is 7.14. The van der Waals surface area contributed by atoms with Gasteiger partial charge in [-0.3, -0.25) is 20.0 Å². The minimum absolute atomic E-state index is 0.0883. The van der Waals surface area contributed by atoms with Gasteiger partial charge in [0.05, 0.1) is 25.0 Å². The van der Waals surface area contributed by atoms with Crippen molar-refractivity contribution in [3.05, 3.63) is 113 Å². The van der Waals surface area contributed by atoms with Crippen LogP contribution in [0.15, 0.2) is 90.2 Å². The largest absolute Gasteiger partial charge is 0.464 e. The number of nitrogens with zero attached hydrogens (tertiary/aromatic N) is 3. The second-order valence-electron chi connectivity index (χ2n) is 12.0. The van der Waals surface area contributed by atoms with Crippen LogP contribution in [-0.4, -0.2) is 63.5 Å². The Morgan fingerprint density at radius 3 is 2.23 bits per heavy atom. The van der Waals surface area contributed by atoms with Gasteiger partial charge >= 0.3 is 12.0 Å². The summed E-state index contributed by atoms with van der Waals surface area (Å²) in [7, 11) is 1.28. The summed E-state index contributed by atoms with van der Waals surface area (Å²) < 4.78 is 4.93. The highest BCUT2D eigenvalue weighted by Gasteiger charge is 2.29. The Balaban J connectivity index is 1.47. The number of benzene rings is 2. The Labute approximate surface area is 284 Å². The molecule has 0 saturated carbocycles. The zero-order valence-corrected chi connectivity index (χ0v) is 28.3. The number of hydrogen-bond acceptors (Lipinski definition) is 8. The second-order valence-corrected chi connectivity index (χ2v) is 12.9. The van der Waals surface area contributed by atoms with Crippen LogP contribution in [0.2, 0.25) is 0 Å². The highest BCUT2D eigenvalue weighted by Crippen LogP contribution is 2.22. The van der Waals surface area contributed by atoms with E-state index in [9.17, 15) is 19.2 Å². The molecule has 0 radical (unpaired) electrons. The predicted molar refractivity (Wildman–Crippen MR) is 182 cm³/mol. The van der Waals surface area contributed by atoms with Gasteiger partial charge in [-0.1, -0.05) is 99.3 Å². The summed E-state index contributed by atoms with van der Waals surface area (Å²) in [4.78, 5) is 64.6. The lowest BCUT2D eigenvalue weighted by molar-refractivity contribution is -0.132. The smallest absolute Gasteiger partial charge is 0.358 e. The molecule has 0 aliphatic heterocycles. The fraction of sp³-hybridized carbons (Fsp3) is 0.314. The number of esters is 1. The second kappa shape index (κ2) is 17.1. The molecule has 0 spiro atoms. The SMILES string of the molecule is COC(=O)c1nc(SCc2ccccn2)[nH]c1CCNC(=O)[C@H](Cc1ccccc1)NC(=O)N(Cc1ccccc1)NC(=O)C(C)(C)C. The van der Waals surface area contributed by atoms with Crippen molar-refractivity contribution in [3.63, 3.8) is 0 Å². The van der Waals surface area contributed by atoms with Crippen LogP contribution >= 0.6 is 11.8 Å². The third kappa shape index (κ3) is 10.7. The number of aromatic amines is 1. The highest BCUT2D eigenvalue weighted by molar-refractivity contribution is 7.98. The van der Waals surface area contributed by atoms with Crippen LogP contribution < -0.4 is 16.1 Å². The van der Waals surface area contributed by atoms with E-state index in [1.54, 1.807) is 27.0 Å². The maximum Gasteiger partial charge on any atom is 0.358 e. The van der Waals surface area contributed by atoms with Gasteiger partial charge in [0.25, 0.3) is 0 Å². The van der Waals surface area contributed by atoms with E-state index in [0.29, 0.717) is 16.6 Å². The van der Waals surface area contributed by atoms with Gasteiger partial charge in [0, 0.05) is 36.8 Å². The van der Waals surface area contributed by atoms with Crippen LogP contribution in [0, 0.1) is 5.41 Å². The summed E-state index contributed by atoms with van der Waals surface area (Å²) in [6.45, 7) is 5.48. The Morgan fingerprint density at radius 1 is 0.938 bits per heavy atom. The van der Waals surface area contributed by atoms with E-state index in [-0.39, 0.29) is 37.5 Å². The number of urea groups is 1. The number of hydrogen-bond donors (Lipinski definition) is 4. The van der Waals surface area contributed by atoms with Crippen molar-refractivity contribution in [2.24, 2.45) is 5.41 Å². The average Bonchev–Trinajstić information content (AvgIpc) is 3.50. The number of carbonyl (C=O) groups is 4. The lowest BCUT2D eigenvalue weighted by Gasteiger charge is -2.29. The molecular weight excluding hydrogens is 630 g/mol. The number of aromatic nitrogens is 3. The monoisotopic (exact) mass is 671 g/mol. The molecular formula is C35H41N7O5S. The van der Waals surface area contributed by atoms with Crippen molar-refractivity contribution in [2.75, 3.05) is 13.7 Å². The first kappa shape index (κ1) is 35.7. The lowest BCUT2D eigenvalue weighted by Crippen LogP contribution is -2.57. The molecule has 12 nitrogen and oxygen atoms in total. The molecule has 4 amide bonds. The highest BCUT2D eigenvalue weighted by atomic mass is 32.2. The van der Waals surface area contributed by atoms with Gasteiger partial charge in [0.1, 0.15) is 6.04 Å². The number of hydrazine groups is 1. The molecule has 0 aliphatic rings. The number of nitrogens with one attached hydrogen (secondary N) is 4. The molecule has 4 rings (SSSR count). The number of ether oxygens (including phenoxy) is 1. The Morgan fingerprint density at radius 2 is 1.60 bits per heavy atom. The van der Waals surface area contributed by atoms with E-state index >= 15 is 0 Å². The first-order valence-electron chi connectivity index (χ1n) is 15.5. The van der Waals surface area contributed by atoms with E-state index in [0.717, 1.165) is 16.8 Å². The van der Waals surface area contributed by atoms with Gasteiger partial charge in [0.15, 0.2) is 10.9 Å². The fourth-order valence-electron chi connectivity index (χ4n) is 4.46. The third-order valence-corrected chi connectivity index (χ3v) is 8.04. The topological polar surface area (TPSA) is 158 Å². The summed E-state index contributed by atoms with van der Waals surface area (Å²) >= 11 is 1.39. The van der Waals surface area contributed by atoms with Gasteiger partial charge < -0.3 is 20.4 Å². The number of H-pyrrole nitrogens is 1. The van der Waals surface area contributed by atoms with Crippen LogP contribution in [0.3, 0.4) is 0 Å². The van der Waals surface area contributed by atoms with E-state index < -0.39 is 29.4 Å². The number of imidazole rings is 1. The molecule has 13 heteroatoms. The summed E-state index contributed by atoms with van der Waals surface area (Å²) in [6.07, 6.45) is 2.17. The molecule has 0 aliphatic carbocycles. The van der Waals surface area contributed by atoms with Gasteiger partial charge in [-0.15, -0.1) is 0 Å². The van der Waals surface area contributed by atoms with Crippen LogP contribution in [0.4, 0.5) is 4.79 Å². The van der Waals surface area contributed by atoms with Gasteiger partial charge in [-0.25, -0.2) is 19.6 Å². The number of carbonyl (C=O) groups excluding carboxylic acids is 4. The number of thioether (sulfide) groups is 1. The van der Waals surface area contributed by atoms with Crippen LogP contribution in [0.5, 0.6) is 0 Å². The number of methoxy groups -OCH3 is 1. The molecule has 4 aromatic rings. The van der Waals surface area contributed by atoms with E-state index in [4.69, 9.17) is 4.74 Å². The maximum atomic E-state index is 13.7. The molecule has 252 valence electrons. The Hall–Kier alpha value is -5.17. The molecule has 0 saturated heterocycles. The standard InChI is InChI=1S/C35H41N7O5S/c1-35(2,3)32(45)41-42(22-25-15-9-6-10-16-25)34(46)39-28(21-24-13-7-5-8-14-24)30(43)37-20-18-27-29(31(44)47-4)40-33(38-27)48-23-26-17-11-12-19-36-26/h5-17,19,28H,18,20-23H2,1-4H3,(H,37,43)(H,38,40)(H,39,46)(H,41,45)/t28-/m0/s1. The first-order chi connectivity index (χ1) is 23.0. The summed E-state index contributed by atoms with van der Waals surface area (Å²) in [5.41, 5.74) is 5.09. The van der Waals surface area contributed by atoms with Crippen molar-refractivity contribution in [1.82, 2.24) is 36.0 Å². The molecule has 1 atom stereocenters. The van der Waals surface area contributed by atoms with Gasteiger partial charge in [0.2, 0.25) is 11.8 Å². The van der Waals surface area contributed by atoms with Crippen molar-refractivity contribution in [2.45, 2.75) is 57.1 Å². The predicted octanol–water partition coefficient (Wildman–Crippen LogP) is 4.44. The number of rotatable bonds is 13. The summed E-state index contributed by atoms with van der Waals surface area (Å²) in [5, 5.41) is 7.42. The molecule has 2 aromatic heterocycles. The van der Waals surface area contributed by atoms with Crippen LogP contribution in [0.25, 0.3) is 0 Å². The molecule has 0 bridgehead atoms. The van der Waals surface area contributed by atoms with Crippen LogP contribution in [0.1, 0.15) is 53.8 Å². The van der Waals surface area contributed by atoms with E-state index in [2.05, 4.69) is 31.0 Å². The Kier molecular flexibility index (Phi) is 12.7. The average molecular weight is 672 g/mol. The zero-order valence-electron chi connectivity index (χ0n) is 27.5. The molecule has 48 heavy (non-hydrogen) atoms. The molecule has 4 N–H and O–H groups in total. The van der Waals surface area contributed by atoms with Crippen LogP contribution in [-0.2, 0) is 39.5 Å². The van der Waals surface area contributed by atoms with Crippen molar-refractivity contribution < 1.29 is 23.9 Å². The maximum absolute atomic E-state index is 13.7. The van der Waals surface area contributed by atoms with Crippen molar-refractivity contribution in [3.8, 4) is 0 Å². The van der Waals surface area contributed by atoms with Gasteiger partial charge in [-0.2, -0.15) is 0 Å². The quantitative estimate of drug-likeness (QED) is 0.0923. The van der Waals surface area contributed by atoms with Crippen molar-refractivity contribution >= 4 is 35.6 Å². The summed E-state index contributed by atoms with van der Waals surface area (Å²) in [5.74, 6) is -0.833. The molecule has 2 aromatic carbocycles. The molecule has 2 heterocycles. The van der Waals surface area contributed by atoms with E-state index in [1.165, 1.54) is 23.9 Å².